The van der Waals surface area contributed by atoms with Gasteiger partial charge in [0.25, 0.3) is 11.8 Å². The summed E-state index contributed by atoms with van der Waals surface area (Å²) < 4.78 is 18.4. The zero-order chi connectivity index (χ0) is 25.2. The van der Waals surface area contributed by atoms with Crippen molar-refractivity contribution in [1.29, 1.82) is 0 Å². The van der Waals surface area contributed by atoms with E-state index in [1.165, 1.54) is 36.4 Å². The second-order valence-electron chi connectivity index (χ2n) is 7.68. The van der Waals surface area contributed by atoms with E-state index in [1.54, 1.807) is 36.4 Å². The summed E-state index contributed by atoms with van der Waals surface area (Å²) in [4.78, 5) is 51.3. The number of ether oxygens (including phenoxy) is 1. The highest BCUT2D eigenvalue weighted by Crippen LogP contribution is 2.29. The number of aromatic nitrogens is 3. The number of carbonyl (C=O) groups excluding carboxylic acids is 3. The van der Waals surface area contributed by atoms with E-state index in [-0.39, 0.29) is 35.6 Å². The molecule has 10 nitrogen and oxygen atoms in total. The van der Waals surface area contributed by atoms with Crippen LogP contribution in [0.5, 0.6) is 0 Å². The number of carbonyl (C=O) groups is 3. The van der Waals surface area contributed by atoms with Crippen molar-refractivity contribution in [3.8, 4) is 0 Å². The first kappa shape index (κ1) is 22.6. The SMILES string of the molecule is Nc1nc(COC(=O)c2cccc(N3C(=O)c4ccccc4C3=O)c2)nc(Nc2ccc(F)cc2)n1. The summed E-state index contributed by atoms with van der Waals surface area (Å²) in [5, 5.41) is 2.87. The number of hydrogen-bond acceptors (Lipinski definition) is 9. The van der Waals surface area contributed by atoms with Gasteiger partial charge in [0.1, 0.15) is 5.82 Å². The smallest absolute Gasteiger partial charge is 0.338 e. The molecule has 0 fully saturated rings. The topological polar surface area (TPSA) is 140 Å². The Kier molecular flexibility index (Phi) is 5.79. The highest BCUT2D eigenvalue weighted by Gasteiger charge is 2.36. The molecule has 1 aliphatic rings. The Hall–Kier alpha value is -5.19. The molecule has 178 valence electrons. The Morgan fingerprint density at radius 3 is 2.31 bits per heavy atom. The first-order valence-corrected chi connectivity index (χ1v) is 10.7. The number of nitrogens with one attached hydrogen (secondary N) is 1. The molecule has 0 spiro atoms. The van der Waals surface area contributed by atoms with E-state index in [0.29, 0.717) is 16.8 Å². The normalized spacial score (nSPS) is 12.4. The molecule has 3 aromatic carbocycles. The number of rotatable bonds is 6. The Balaban J connectivity index is 1.29. The molecule has 3 N–H and O–H groups in total. The standard InChI is InChI=1S/C25H17FN6O4/c26-15-8-10-16(11-9-15)28-25-30-20(29-24(27)31-25)13-36-23(35)14-4-3-5-17(12-14)32-21(33)18-6-1-2-7-19(18)22(32)34/h1-12H,13H2,(H3,27,28,29,30,31). The third-order valence-electron chi connectivity index (χ3n) is 5.27. The molecule has 1 aliphatic heterocycles. The summed E-state index contributed by atoms with van der Waals surface area (Å²) in [7, 11) is 0. The number of nitrogens with two attached hydrogens (primary N) is 1. The maximum atomic E-state index is 13.1. The van der Waals surface area contributed by atoms with Crippen molar-refractivity contribution in [2.24, 2.45) is 0 Å². The minimum atomic E-state index is -0.722. The number of esters is 1. The molecule has 0 radical (unpaired) electrons. The highest BCUT2D eigenvalue weighted by molar-refractivity contribution is 6.34. The third-order valence-corrected chi connectivity index (χ3v) is 5.27. The van der Waals surface area contributed by atoms with Crippen molar-refractivity contribution < 1.29 is 23.5 Å². The number of amides is 2. The van der Waals surface area contributed by atoms with E-state index >= 15 is 0 Å². The molecule has 2 amide bonds. The molecule has 4 aromatic rings. The molecule has 2 heterocycles. The van der Waals surface area contributed by atoms with Gasteiger partial charge in [-0.05, 0) is 54.6 Å². The molecule has 0 saturated carbocycles. The van der Waals surface area contributed by atoms with Gasteiger partial charge in [0.05, 0.1) is 22.4 Å². The van der Waals surface area contributed by atoms with Crippen LogP contribution >= 0.6 is 0 Å². The Morgan fingerprint density at radius 1 is 0.917 bits per heavy atom. The van der Waals surface area contributed by atoms with Crippen LogP contribution in [0.1, 0.15) is 36.9 Å². The Morgan fingerprint density at radius 2 is 1.61 bits per heavy atom. The molecular weight excluding hydrogens is 467 g/mol. The molecule has 0 unspecified atom stereocenters. The average Bonchev–Trinajstić information content (AvgIpc) is 3.13. The second-order valence-corrected chi connectivity index (χ2v) is 7.68. The van der Waals surface area contributed by atoms with Crippen LogP contribution in [0.3, 0.4) is 0 Å². The highest BCUT2D eigenvalue weighted by atomic mass is 19.1. The summed E-state index contributed by atoms with van der Waals surface area (Å²) in [6, 6.07) is 18.0. The Bertz CT molecular complexity index is 1470. The van der Waals surface area contributed by atoms with Crippen LogP contribution in [0, 0.1) is 5.82 Å². The first-order valence-electron chi connectivity index (χ1n) is 10.7. The van der Waals surface area contributed by atoms with E-state index in [4.69, 9.17) is 10.5 Å². The van der Waals surface area contributed by atoms with Gasteiger partial charge >= 0.3 is 5.97 Å². The molecule has 0 bridgehead atoms. The lowest BCUT2D eigenvalue weighted by molar-refractivity contribution is 0.0461. The lowest BCUT2D eigenvalue weighted by Gasteiger charge is -2.15. The van der Waals surface area contributed by atoms with Gasteiger partial charge in [-0.2, -0.15) is 15.0 Å². The number of nitrogens with zero attached hydrogens (tertiary/aromatic N) is 4. The zero-order valence-electron chi connectivity index (χ0n) is 18.5. The van der Waals surface area contributed by atoms with Gasteiger partial charge in [-0.1, -0.05) is 18.2 Å². The van der Waals surface area contributed by atoms with Gasteiger partial charge in [0.2, 0.25) is 11.9 Å². The van der Waals surface area contributed by atoms with Crippen molar-refractivity contribution >= 4 is 41.1 Å². The van der Waals surface area contributed by atoms with Crippen LogP contribution in [0.2, 0.25) is 0 Å². The molecule has 11 heteroatoms. The van der Waals surface area contributed by atoms with Crippen molar-refractivity contribution in [3.63, 3.8) is 0 Å². The molecule has 36 heavy (non-hydrogen) atoms. The van der Waals surface area contributed by atoms with Crippen LogP contribution in [-0.2, 0) is 11.3 Å². The zero-order valence-corrected chi connectivity index (χ0v) is 18.5. The van der Waals surface area contributed by atoms with Gasteiger partial charge in [0, 0.05) is 5.69 Å². The predicted molar refractivity (Wildman–Crippen MR) is 127 cm³/mol. The van der Waals surface area contributed by atoms with E-state index in [9.17, 15) is 18.8 Å². The molecule has 0 aliphatic carbocycles. The van der Waals surface area contributed by atoms with Crippen LogP contribution in [0.25, 0.3) is 0 Å². The van der Waals surface area contributed by atoms with Gasteiger partial charge in [-0.25, -0.2) is 14.1 Å². The predicted octanol–water partition coefficient (Wildman–Crippen LogP) is 3.49. The summed E-state index contributed by atoms with van der Waals surface area (Å²) >= 11 is 0. The monoisotopic (exact) mass is 484 g/mol. The van der Waals surface area contributed by atoms with E-state index in [0.717, 1.165) is 4.90 Å². The van der Waals surface area contributed by atoms with Crippen LogP contribution in [0.15, 0.2) is 72.8 Å². The maximum Gasteiger partial charge on any atom is 0.338 e. The van der Waals surface area contributed by atoms with Crippen LogP contribution in [0.4, 0.5) is 27.7 Å². The number of fused-ring (bicyclic) bond motifs is 1. The Labute approximate surface area is 203 Å². The third kappa shape index (κ3) is 4.44. The van der Waals surface area contributed by atoms with Gasteiger partial charge < -0.3 is 15.8 Å². The summed E-state index contributed by atoms with van der Waals surface area (Å²) in [5.74, 6) is -1.99. The van der Waals surface area contributed by atoms with E-state index in [2.05, 4.69) is 20.3 Å². The van der Waals surface area contributed by atoms with Crippen molar-refractivity contribution in [3.05, 3.63) is 101 Å². The number of imide groups is 1. The lowest BCUT2D eigenvalue weighted by atomic mass is 10.1. The molecular formula is C25H17FN6O4. The fourth-order valence-corrected chi connectivity index (χ4v) is 3.63. The minimum Gasteiger partial charge on any atom is -0.454 e. The quantitative estimate of drug-likeness (QED) is 0.311. The number of hydrogen-bond donors (Lipinski definition) is 2. The van der Waals surface area contributed by atoms with Crippen molar-refractivity contribution in [2.75, 3.05) is 16.0 Å². The van der Waals surface area contributed by atoms with E-state index < -0.39 is 23.6 Å². The number of nitrogen functional groups attached to an aromatic ring is 1. The summed E-state index contributed by atoms with van der Waals surface area (Å²) in [6.45, 7) is -0.319. The minimum absolute atomic E-state index is 0.0805. The summed E-state index contributed by atoms with van der Waals surface area (Å²) in [6.07, 6.45) is 0. The van der Waals surface area contributed by atoms with Gasteiger partial charge in [0.15, 0.2) is 12.4 Å². The number of benzene rings is 3. The molecule has 0 atom stereocenters. The molecule has 1 aromatic heterocycles. The van der Waals surface area contributed by atoms with Crippen LogP contribution < -0.4 is 16.0 Å². The van der Waals surface area contributed by atoms with E-state index in [1.807, 2.05) is 0 Å². The lowest BCUT2D eigenvalue weighted by Crippen LogP contribution is -2.29. The van der Waals surface area contributed by atoms with Crippen LogP contribution in [-0.4, -0.2) is 32.7 Å². The maximum absolute atomic E-state index is 13.1. The average molecular weight is 484 g/mol. The second kappa shape index (κ2) is 9.22. The van der Waals surface area contributed by atoms with Crippen molar-refractivity contribution in [2.45, 2.75) is 6.61 Å². The fraction of sp³-hybridized carbons (Fsp3) is 0.0400. The van der Waals surface area contributed by atoms with Crippen molar-refractivity contribution in [1.82, 2.24) is 15.0 Å². The summed E-state index contributed by atoms with van der Waals surface area (Å²) in [5.41, 5.74) is 7.22. The molecule has 5 rings (SSSR count). The number of anilines is 4. The first-order chi connectivity index (χ1) is 17.4. The van der Waals surface area contributed by atoms with Gasteiger partial charge in [-0.15, -0.1) is 0 Å². The number of halogens is 1. The largest absolute Gasteiger partial charge is 0.454 e. The van der Waals surface area contributed by atoms with Gasteiger partial charge in [-0.3, -0.25) is 9.59 Å². The fourth-order valence-electron chi connectivity index (χ4n) is 3.63. The molecule has 0 saturated heterocycles.